The van der Waals surface area contributed by atoms with Crippen LogP contribution in [0.25, 0.3) is 11.6 Å². The minimum atomic E-state index is -5.16. The number of rotatable bonds is 0. The summed E-state index contributed by atoms with van der Waals surface area (Å²) in [4.78, 5) is 16.9. The van der Waals surface area contributed by atoms with Gasteiger partial charge >= 0.3 is 12.4 Å². The zero-order valence-corrected chi connectivity index (χ0v) is 16.7. The van der Waals surface area contributed by atoms with Crippen LogP contribution in [0.1, 0.15) is 49.8 Å². The molecule has 0 saturated carbocycles. The number of aliphatic hydroxyl groups is 1. The van der Waals surface area contributed by atoms with Crippen molar-refractivity contribution >= 4 is 11.6 Å². The molecule has 0 saturated heterocycles. The third-order valence-corrected chi connectivity index (χ3v) is 5.14. The van der Waals surface area contributed by atoms with E-state index < -0.39 is 71.2 Å². The number of nitrogens with two attached hydrogens (primary N) is 1. The van der Waals surface area contributed by atoms with Crippen molar-refractivity contribution in [2.75, 3.05) is 12.3 Å². The third-order valence-electron chi connectivity index (χ3n) is 5.14. The highest BCUT2D eigenvalue weighted by Gasteiger charge is 2.58. The first-order valence-corrected chi connectivity index (χ1v) is 9.49. The van der Waals surface area contributed by atoms with Crippen molar-refractivity contribution in [1.82, 2.24) is 20.1 Å². The minimum Gasteiger partial charge on any atom is -0.416 e. The maximum atomic E-state index is 13.6. The number of anilines is 1. The maximum Gasteiger partial charge on any atom is 0.426 e. The highest BCUT2D eigenvalue weighted by atomic mass is 19.4. The first kappa shape index (κ1) is 23.8. The van der Waals surface area contributed by atoms with E-state index in [1.165, 1.54) is 0 Å². The highest BCUT2D eigenvalue weighted by molar-refractivity contribution is 5.73. The van der Waals surface area contributed by atoms with Crippen molar-refractivity contribution in [1.29, 1.82) is 0 Å². The van der Waals surface area contributed by atoms with E-state index in [-0.39, 0.29) is 25.8 Å². The van der Waals surface area contributed by atoms with Gasteiger partial charge in [-0.15, -0.1) is 10.2 Å². The zero-order valence-electron chi connectivity index (χ0n) is 16.7. The Kier molecular flexibility index (Phi) is 6.10. The largest absolute Gasteiger partial charge is 0.426 e. The fourth-order valence-corrected chi connectivity index (χ4v) is 3.35. The molecule has 2 aromatic rings. The molecule has 3 N–H and O–H groups in total. The number of fused-ring (bicyclic) bond motifs is 5. The van der Waals surface area contributed by atoms with Gasteiger partial charge in [0.05, 0.1) is 23.5 Å². The lowest BCUT2D eigenvalue weighted by molar-refractivity contribution is -0.277. The van der Waals surface area contributed by atoms with Crippen LogP contribution in [0.2, 0.25) is 0 Å². The van der Waals surface area contributed by atoms with Crippen LogP contribution in [0.4, 0.5) is 32.0 Å². The fraction of sp³-hybridized carbons (Fsp3) is 0.556. The number of pyridine rings is 1. The molecule has 1 atom stereocenters. The average molecular weight is 467 g/mol. The Morgan fingerprint density at radius 2 is 1.88 bits per heavy atom. The van der Waals surface area contributed by atoms with Crippen LogP contribution in [0, 0.1) is 0 Å². The van der Waals surface area contributed by atoms with Crippen molar-refractivity contribution in [3.63, 3.8) is 0 Å². The molecule has 0 aromatic carbocycles. The zero-order chi connectivity index (χ0) is 23.9. The Morgan fingerprint density at radius 1 is 1.19 bits per heavy atom. The summed E-state index contributed by atoms with van der Waals surface area (Å²) in [6.45, 7) is 0.628. The van der Waals surface area contributed by atoms with Gasteiger partial charge in [0.25, 0.3) is 11.8 Å². The van der Waals surface area contributed by atoms with Gasteiger partial charge in [-0.1, -0.05) is 6.42 Å². The summed E-state index contributed by atoms with van der Waals surface area (Å²) in [6, 6.07) is 0.543. The van der Waals surface area contributed by atoms with E-state index in [2.05, 4.69) is 15.2 Å². The Morgan fingerprint density at radius 3 is 2.47 bits per heavy atom. The molecule has 0 spiro atoms. The van der Waals surface area contributed by atoms with Crippen LogP contribution in [0.5, 0.6) is 0 Å². The van der Waals surface area contributed by atoms with E-state index in [0.29, 0.717) is 6.07 Å². The molecular weight excluding hydrogens is 448 g/mol. The number of hydrogen-bond acceptors (Lipinski definition) is 7. The van der Waals surface area contributed by atoms with Crippen LogP contribution in [0.3, 0.4) is 0 Å². The van der Waals surface area contributed by atoms with E-state index in [0.717, 1.165) is 11.8 Å². The second kappa shape index (κ2) is 8.22. The fourth-order valence-electron chi connectivity index (χ4n) is 3.35. The Labute approximate surface area is 177 Å². The molecule has 1 aliphatic rings. The van der Waals surface area contributed by atoms with Gasteiger partial charge in [0.2, 0.25) is 11.5 Å². The van der Waals surface area contributed by atoms with Crippen molar-refractivity contribution in [2.45, 2.75) is 57.1 Å². The van der Waals surface area contributed by atoms with Gasteiger partial charge in [-0.25, -0.2) is 4.98 Å². The Hall–Kier alpha value is -2.90. The summed E-state index contributed by atoms with van der Waals surface area (Å²) < 4.78 is 86.5. The highest BCUT2D eigenvalue weighted by Crippen LogP contribution is 2.43. The van der Waals surface area contributed by atoms with E-state index in [9.17, 15) is 36.2 Å². The van der Waals surface area contributed by atoms with Crippen molar-refractivity contribution in [3.8, 4) is 11.6 Å². The van der Waals surface area contributed by atoms with Gasteiger partial charge in [0.15, 0.2) is 5.69 Å². The number of hydrogen-bond donors (Lipinski definition) is 2. The van der Waals surface area contributed by atoms with Crippen LogP contribution < -0.4 is 5.73 Å². The quantitative estimate of drug-likeness (QED) is 0.570. The lowest BCUT2D eigenvalue weighted by atomic mass is 9.95. The molecule has 1 aliphatic heterocycles. The van der Waals surface area contributed by atoms with Crippen molar-refractivity contribution in [3.05, 3.63) is 23.2 Å². The van der Waals surface area contributed by atoms with Crippen molar-refractivity contribution in [2.24, 2.45) is 0 Å². The second-order valence-corrected chi connectivity index (χ2v) is 7.44. The molecule has 8 nitrogen and oxygen atoms in total. The Bertz CT molecular complexity index is 1010. The maximum absolute atomic E-state index is 13.6. The topological polar surface area (TPSA) is 118 Å². The van der Waals surface area contributed by atoms with Gasteiger partial charge in [-0.2, -0.15) is 26.3 Å². The van der Waals surface area contributed by atoms with E-state index in [1.54, 1.807) is 0 Å². The molecule has 3 rings (SSSR count). The minimum absolute atomic E-state index is 0.0170. The summed E-state index contributed by atoms with van der Waals surface area (Å²) in [5.74, 6) is -2.40. The molecule has 2 aromatic heterocycles. The van der Waals surface area contributed by atoms with Crippen LogP contribution >= 0.6 is 0 Å². The molecule has 0 radical (unpaired) electrons. The molecule has 1 unspecified atom stereocenters. The van der Waals surface area contributed by atoms with Gasteiger partial charge < -0.3 is 20.2 Å². The molecule has 0 fully saturated rings. The molecule has 4 bridgehead atoms. The van der Waals surface area contributed by atoms with Crippen molar-refractivity contribution < 1.29 is 40.7 Å². The van der Waals surface area contributed by atoms with E-state index >= 15 is 0 Å². The number of carbonyl (C=O) groups excluding carboxylic acids is 1. The number of carbonyl (C=O) groups is 1. The molecule has 3 heterocycles. The number of aromatic nitrogens is 3. The molecule has 14 heteroatoms. The molecule has 176 valence electrons. The lowest BCUT2D eigenvalue weighted by Gasteiger charge is -2.27. The number of nitrogen functional groups attached to an aromatic ring is 1. The predicted molar refractivity (Wildman–Crippen MR) is 96.5 cm³/mol. The summed E-state index contributed by atoms with van der Waals surface area (Å²) in [5.41, 5.74) is -0.659. The van der Waals surface area contributed by atoms with Gasteiger partial charge in [-0.05, 0) is 25.3 Å². The van der Waals surface area contributed by atoms with Crippen LogP contribution in [-0.4, -0.2) is 43.8 Å². The SMILES string of the molecule is CC(=O)N1CCCCCC(O)(C(F)(F)F)c2nnc(o2)-c2nc(c(C(F)(F)F)cc2N)C1. The van der Waals surface area contributed by atoms with E-state index in [1.807, 2.05) is 0 Å². The third kappa shape index (κ3) is 4.49. The summed E-state index contributed by atoms with van der Waals surface area (Å²) in [7, 11) is 0. The number of nitrogens with zero attached hydrogens (tertiary/aromatic N) is 4. The summed E-state index contributed by atoms with van der Waals surface area (Å²) >= 11 is 0. The normalized spacial score (nSPS) is 20.7. The van der Waals surface area contributed by atoms with Gasteiger partial charge in [-0.3, -0.25) is 4.79 Å². The average Bonchev–Trinajstić information content (AvgIpc) is 3.15. The van der Waals surface area contributed by atoms with E-state index in [4.69, 9.17) is 10.2 Å². The van der Waals surface area contributed by atoms with Crippen LogP contribution in [-0.2, 0) is 23.1 Å². The molecule has 32 heavy (non-hydrogen) atoms. The van der Waals surface area contributed by atoms with Gasteiger partial charge in [0, 0.05) is 13.5 Å². The second-order valence-electron chi connectivity index (χ2n) is 7.44. The monoisotopic (exact) mass is 467 g/mol. The predicted octanol–water partition coefficient (Wildman–Crippen LogP) is 3.41. The Balaban J connectivity index is 2.20. The van der Waals surface area contributed by atoms with Crippen LogP contribution in [0.15, 0.2) is 10.5 Å². The summed E-state index contributed by atoms with van der Waals surface area (Å²) in [5, 5.41) is 17.0. The summed E-state index contributed by atoms with van der Waals surface area (Å²) in [6.07, 6.45) is -10.6. The lowest BCUT2D eigenvalue weighted by Crippen LogP contribution is -2.42. The standard InChI is InChI=1S/C18H19F6N5O3/c1-9(30)29-6-4-2-3-5-16(31,18(22,23)24)15-28-27-14(32-15)13-11(25)7-10(17(19,20)21)12(8-29)26-13/h7,31H,2-6,8,25H2,1H3. The number of amides is 1. The molecule has 0 aliphatic carbocycles. The molecule has 1 amide bonds. The first-order valence-electron chi connectivity index (χ1n) is 9.49. The molecular formula is C18H19F6N5O3. The first-order chi connectivity index (χ1) is 14.7. The number of halogens is 6. The smallest absolute Gasteiger partial charge is 0.416 e. The number of alkyl halides is 6. The van der Waals surface area contributed by atoms with Gasteiger partial charge in [0.1, 0.15) is 0 Å².